The van der Waals surface area contributed by atoms with E-state index in [-0.39, 0.29) is 11.7 Å². The number of carbonyl (C=O) groups excluding carboxylic acids is 2. The third kappa shape index (κ3) is 5.65. The number of nitrogens with one attached hydrogen (secondary N) is 2. The summed E-state index contributed by atoms with van der Waals surface area (Å²) in [5.41, 5.74) is 1.17. The summed E-state index contributed by atoms with van der Waals surface area (Å²) in [6, 6.07) is 11.1. The molecule has 0 radical (unpaired) electrons. The number of alkyl halides is 3. The van der Waals surface area contributed by atoms with Crippen molar-refractivity contribution >= 4 is 17.4 Å². The molecule has 0 aliphatic heterocycles. The molecule has 4 nitrogen and oxygen atoms in total. The van der Waals surface area contributed by atoms with Crippen molar-refractivity contribution in [2.75, 3.05) is 12.4 Å². The molecule has 0 aliphatic rings. The topological polar surface area (TPSA) is 50.6 Å². The Kier molecular flexibility index (Phi) is 6.38. The van der Waals surface area contributed by atoms with Crippen LogP contribution in [0.2, 0.25) is 0 Å². The second-order valence-electron chi connectivity index (χ2n) is 6.56. The highest BCUT2D eigenvalue weighted by Crippen LogP contribution is 2.28. The van der Waals surface area contributed by atoms with Gasteiger partial charge in [0.05, 0.1) is 12.6 Å². The van der Waals surface area contributed by atoms with E-state index in [0.29, 0.717) is 23.4 Å². The van der Waals surface area contributed by atoms with Crippen molar-refractivity contribution in [2.24, 2.45) is 0 Å². The van der Waals surface area contributed by atoms with E-state index in [9.17, 15) is 22.8 Å². The number of halogens is 3. The van der Waals surface area contributed by atoms with Crippen molar-refractivity contribution < 1.29 is 27.7 Å². The summed E-state index contributed by atoms with van der Waals surface area (Å²) in [5, 5.41) is 2.78. The van der Waals surface area contributed by atoms with Gasteiger partial charge in [-0.25, -0.2) is 0 Å². The largest absolute Gasteiger partial charge is 0.416 e. The predicted molar refractivity (Wildman–Crippen MR) is 96.6 cm³/mol. The average Bonchev–Trinajstić information content (AvgIpc) is 2.61. The van der Waals surface area contributed by atoms with Crippen LogP contribution in [-0.2, 0) is 17.5 Å². The molecule has 27 heavy (non-hydrogen) atoms. The second kappa shape index (κ2) is 8.35. The summed E-state index contributed by atoms with van der Waals surface area (Å²) in [7, 11) is 1.81. The molecular formula is C20H22F3N2O2+. The number of benzene rings is 2. The van der Waals surface area contributed by atoms with Crippen molar-refractivity contribution in [3.05, 3.63) is 65.2 Å². The second-order valence-corrected chi connectivity index (χ2v) is 6.56. The van der Waals surface area contributed by atoms with E-state index in [2.05, 4.69) is 5.32 Å². The maximum atomic E-state index is 12.6. The third-order valence-electron chi connectivity index (χ3n) is 4.46. The molecule has 7 heteroatoms. The van der Waals surface area contributed by atoms with Crippen LogP contribution in [0.1, 0.15) is 35.3 Å². The highest BCUT2D eigenvalue weighted by atomic mass is 19.4. The monoisotopic (exact) mass is 379 g/mol. The van der Waals surface area contributed by atoms with E-state index in [0.717, 1.165) is 17.0 Å². The van der Waals surface area contributed by atoms with Crippen molar-refractivity contribution in [1.82, 2.24) is 0 Å². The van der Waals surface area contributed by atoms with Crippen LogP contribution in [0.5, 0.6) is 0 Å². The first-order valence-electron chi connectivity index (χ1n) is 8.48. The molecule has 2 aromatic rings. The van der Waals surface area contributed by atoms with Crippen LogP contribution in [0.4, 0.5) is 18.9 Å². The van der Waals surface area contributed by atoms with Crippen LogP contribution in [0.15, 0.2) is 48.5 Å². The number of amides is 1. The molecule has 0 fully saturated rings. The van der Waals surface area contributed by atoms with E-state index < -0.39 is 17.8 Å². The van der Waals surface area contributed by atoms with Crippen LogP contribution in [-0.4, -0.2) is 24.8 Å². The lowest BCUT2D eigenvalue weighted by atomic mass is 10.1. The molecule has 144 valence electrons. The third-order valence-corrected chi connectivity index (χ3v) is 4.46. The first-order chi connectivity index (χ1) is 12.6. The molecule has 2 atom stereocenters. The fourth-order valence-electron chi connectivity index (χ4n) is 2.55. The SMILES string of the molecule is CC(=O)c1ccc(NC(=O)[C@@H](C)[NH+](C)Cc2ccc(C(F)(F)F)cc2)cc1. The van der Waals surface area contributed by atoms with Crippen molar-refractivity contribution in [1.29, 1.82) is 0 Å². The molecule has 0 spiro atoms. The highest BCUT2D eigenvalue weighted by Gasteiger charge is 2.30. The molecule has 2 rings (SSSR count). The van der Waals surface area contributed by atoms with Gasteiger partial charge in [-0.2, -0.15) is 13.2 Å². The summed E-state index contributed by atoms with van der Waals surface area (Å²) >= 11 is 0. The smallest absolute Gasteiger partial charge is 0.324 e. The quantitative estimate of drug-likeness (QED) is 0.759. The lowest BCUT2D eigenvalue weighted by molar-refractivity contribution is -0.907. The summed E-state index contributed by atoms with van der Waals surface area (Å²) in [5.74, 6) is -0.267. The van der Waals surface area contributed by atoms with Crippen LogP contribution in [0.25, 0.3) is 0 Å². The number of carbonyl (C=O) groups is 2. The standard InChI is InChI=1S/C20H21F3N2O2/c1-13(19(27)24-18-10-6-16(7-11-18)14(2)26)25(3)12-15-4-8-17(9-5-15)20(21,22)23/h4-11,13H,12H2,1-3H3,(H,24,27)/p+1/t13-/m1/s1. The van der Waals surface area contributed by atoms with Gasteiger partial charge in [-0.1, -0.05) is 12.1 Å². The van der Waals surface area contributed by atoms with Crippen LogP contribution in [0, 0.1) is 0 Å². The van der Waals surface area contributed by atoms with Crippen molar-refractivity contribution in [2.45, 2.75) is 32.6 Å². The Morgan fingerprint density at radius 1 is 1.04 bits per heavy atom. The minimum Gasteiger partial charge on any atom is -0.324 e. The molecule has 2 aromatic carbocycles. The number of ketones is 1. The summed E-state index contributed by atoms with van der Waals surface area (Å²) in [6.07, 6.45) is -4.36. The van der Waals surface area contributed by atoms with Crippen molar-refractivity contribution in [3.63, 3.8) is 0 Å². The molecule has 2 N–H and O–H groups in total. The van der Waals surface area contributed by atoms with Crippen molar-refractivity contribution in [3.8, 4) is 0 Å². The minimum atomic E-state index is -4.36. The molecule has 0 aliphatic carbocycles. The lowest BCUT2D eigenvalue weighted by Crippen LogP contribution is -3.12. The Balaban J connectivity index is 1.96. The van der Waals surface area contributed by atoms with Gasteiger partial charge < -0.3 is 10.2 Å². The van der Waals surface area contributed by atoms with Gasteiger partial charge in [0.15, 0.2) is 11.8 Å². The Bertz CT molecular complexity index is 799. The Morgan fingerprint density at radius 2 is 1.59 bits per heavy atom. The molecule has 0 saturated carbocycles. The van der Waals surface area contributed by atoms with E-state index in [1.165, 1.54) is 19.1 Å². The molecule has 0 bridgehead atoms. The maximum absolute atomic E-state index is 12.6. The van der Waals surface area contributed by atoms with Gasteiger partial charge in [-0.15, -0.1) is 0 Å². The van der Waals surface area contributed by atoms with E-state index in [4.69, 9.17) is 0 Å². The summed E-state index contributed by atoms with van der Waals surface area (Å²) in [4.78, 5) is 24.5. The molecule has 0 saturated heterocycles. The normalized spacial score (nSPS) is 13.7. The van der Waals surface area contributed by atoms with E-state index in [1.807, 2.05) is 0 Å². The zero-order valence-electron chi connectivity index (χ0n) is 15.4. The molecule has 1 amide bonds. The van der Waals surface area contributed by atoms with E-state index in [1.54, 1.807) is 38.2 Å². The van der Waals surface area contributed by atoms with Crippen LogP contribution in [0.3, 0.4) is 0 Å². The summed E-state index contributed by atoms with van der Waals surface area (Å²) < 4.78 is 37.8. The Morgan fingerprint density at radius 3 is 2.07 bits per heavy atom. The Labute approximate surface area is 156 Å². The number of hydrogen-bond acceptors (Lipinski definition) is 2. The number of likely N-dealkylation sites (N-methyl/N-ethyl adjacent to an activating group) is 1. The van der Waals surface area contributed by atoms with Gasteiger partial charge in [-0.05, 0) is 50.2 Å². The zero-order chi connectivity index (χ0) is 20.2. The Hall–Kier alpha value is -2.67. The van der Waals surface area contributed by atoms with Crippen LogP contribution < -0.4 is 10.2 Å². The summed E-state index contributed by atoms with van der Waals surface area (Å²) in [6.45, 7) is 3.63. The van der Waals surface area contributed by atoms with Gasteiger partial charge in [0.2, 0.25) is 0 Å². The first-order valence-corrected chi connectivity index (χ1v) is 8.48. The average molecular weight is 379 g/mol. The molecule has 0 heterocycles. The van der Waals surface area contributed by atoms with Gasteiger partial charge >= 0.3 is 6.18 Å². The fourth-order valence-corrected chi connectivity index (χ4v) is 2.55. The van der Waals surface area contributed by atoms with E-state index >= 15 is 0 Å². The lowest BCUT2D eigenvalue weighted by Gasteiger charge is -2.21. The number of Topliss-reactive ketones (excluding diaryl/α,β-unsaturated/α-hetero) is 1. The molecule has 1 unspecified atom stereocenters. The number of anilines is 1. The minimum absolute atomic E-state index is 0.0537. The van der Waals surface area contributed by atoms with Crippen LogP contribution >= 0.6 is 0 Å². The first kappa shape index (κ1) is 20.6. The highest BCUT2D eigenvalue weighted by molar-refractivity contribution is 5.96. The predicted octanol–water partition coefficient (Wildman–Crippen LogP) is 2.95. The van der Waals surface area contributed by atoms with Gasteiger partial charge in [0.25, 0.3) is 5.91 Å². The molecule has 0 aromatic heterocycles. The number of quaternary nitrogens is 1. The van der Waals surface area contributed by atoms with Gasteiger partial charge in [0, 0.05) is 16.8 Å². The zero-order valence-corrected chi connectivity index (χ0v) is 15.4. The molecular weight excluding hydrogens is 357 g/mol. The number of hydrogen-bond donors (Lipinski definition) is 2. The van der Waals surface area contributed by atoms with Gasteiger partial charge in [0.1, 0.15) is 6.54 Å². The van der Waals surface area contributed by atoms with Gasteiger partial charge in [-0.3, -0.25) is 9.59 Å². The number of rotatable bonds is 6. The maximum Gasteiger partial charge on any atom is 0.416 e. The fraction of sp³-hybridized carbons (Fsp3) is 0.300.